The van der Waals surface area contributed by atoms with Crippen molar-refractivity contribution < 1.29 is 4.79 Å². The Kier molecular flexibility index (Phi) is 5.31. The number of benzene rings is 1. The van der Waals surface area contributed by atoms with Gasteiger partial charge in [-0.3, -0.25) is 9.20 Å². The first-order valence-corrected chi connectivity index (χ1v) is 11.1. The number of hydrogen-bond acceptors (Lipinski definition) is 5. The predicted molar refractivity (Wildman–Crippen MR) is 118 cm³/mol. The fraction of sp³-hybridized carbons (Fsp3) is 0.250. The van der Waals surface area contributed by atoms with E-state index >= 15 is 0 Å². The zero-order valence-corrected chi connectivity index (χ0v) is 18.1. The number of thiophene rings is 1. The van der Waals surface area contributed by atoms with Crippen LogP contribution in [0.25, 0.3) is 15.7 Å². The molecule has 0 unspecified atom stereocenters. The van der Waals surface area contributed by atoms with Crippen LogP contribution in [-0.2, 0) is 11.2 Å². The summed E-state index contributed by atoms with van der Waals surface area (Å²) in [5, 5.41) is 12.9. The van der Waals surface area contributed by atoms with Gasteiger partial charge in [0.2, 0.25) is 5.91 Å². The molecule has 1 amide bonds. The molecule has 3 aromatic heterocycles. The molecule has 1 aromatic carbocycles. The molecule has 0 saturated heterocycles. The van der Waals surface area contributed by atoms with Gasteiger partial charge in [0, 0.05) is 11.3 Å². The van der Waals surface area contributed by atoms with Crippen molar-refractivity contribution in [3.05, 3.63) is 51.6 Å². The van der Waals surface area contributed by atoms with E-state index in [9.17, 15) is 4.79 Å². The van der Waals surface area contributed by atoms with Crippen molar-refractivity contribution in [1.82, 2.24) is 14.6 Å². The highest BCUT2D eigenvalue weighted by molar-refractivity contribution is 8.00. The fourth-order valence-electron chi connectivity index (χ4n) is 3.12. The summed E-state index contributed by atoms with van der Waals surface area (Å²) < 4.78 is 3.36. The Labute approximate surface area is 176 Å². The second-order valence-corrected chi connectivity index (χ2v) is 9.23. The highest BCUT2D eigenvalue weighted by atomic mass is 35.5. The minimum atomic E-state index is -0.125. The van der Waals surface area contributed by atoms with Gasteiger partial charge in [0.25, 0.3) is 0 Å². The second kappa shape index (κ2) is 7.73. The number of amides is 1. The molecule has 0 fully saturated rings. The number of carbonyl (C=O) groups is 1. The largest absolute Gasteiger partial charge is 0.324 e. The standard InChI is InChI=1S/C20H19ClN4OS2/c1-4-18-23-24-20(16-9-17-15(25(16)18)8-12(3)28-17)27-10-19(26)22-14-6-5-11(2)7-13(14)21/h5-9H,4,10H2,1-3H3,(H,22,26). The maximum absolute atomic E-state index is 12.4. The maximum atomic E-state index is 12.4. The van der Waals surface area contributed by atoms with Crippen LogP contribution >= 0.6 is 34.7 Å². The molecule has 144 valence electrons. The van der Waals surface area contributed by atoms with E-state index < -0.39 is 0 Å². The minimum Gasteiger partial charge on any atom is -0.324 e. The van der Waals surface area contributed by atoms with Gasteiger partial charge in [-0.1, -0.05) is 36.4 Å². The molecule has 0 bridgehead atoms. The molecule has 4 rings (SSSR count). The van der Waals surface area contributed by atoms with Gasteiger partial charge in [0.15, 0.2) is 0 Å². The lowest BCUT2D eigenvalue weighted by Gasteiger charge is -2.09. The van der Waals surface area contributed by atoms with Gasteiger partial charge in [-0.15, -0.1) is 21.5 Å². The van der Waals surface area contributed by atoms with Crippen LogP contribution in [0, 0.1) is 13.8 Å². The van der Waals surface area contributed by atoms with Crippen LogP contribution in [0.1, 0.15) is 23.2 Å². The molecule has 1 N–H and O–H groups in total. The molecule has 0 aliphatic rings. The van der Waals surface area contributed by atoms with Crippen LogP contribution in [-0.4, -0.2) is 26.3 Å². The van der Waals surface area contributed by atoms with Gasteiger partial charge in [-0.05, 0) is 43.7 Å². The van der Waals surface area contributed by atoms with Crippen molar-refractivity contribution in [1.29, 1.82) is 0 Å². The second-order valence-electron chi connectivity index (χ2n) is 6.57. The summed E-state index contributed by atoms with van der Waals surface area (Å²) in [6.07, 6.45) is 0.791. The molecule has 0 aliphatic carbocycles. The van der Waals surface area contributed by atoms with E-state index in [1.165, 1.54) is 21.3 Å². The third-order valence-electron chi connectivity index (χ3n) is 4.40. The van der Waals surface area contributed by atoms with Crippen molar-refractivity contribution in [2.75, 3.05) is 11.1 Å². The third-order valence-corrected chi connectivity index (χ3v) is 6.67. The molecule has 28 heavy (non-hydrogen) atoms. The number of rotatable bonds is 5. The quantitative estimate of drug-likeness (QED) is 0.424. The monoisotopic (exact) mass is 430 g/mol. The zero-order chi connectivity index (χ0) is 19.8. The lowest BCUT2D eigenvalue weighted by molar-refractivity contribution is -0.113. The highest BCUT2D eigenvalue weighted by Crippen LogP contribution is 2.33. The number of halogens is 1. The number of thioether (sulfide) groups is 1. The van der Waals surface area contributed by atoms with Gasteiger partial charge >= 0.3 is 0 Å². The van der Waals surface area contributed by atoms with Crippen LogP contribution in [0.4, 0.5) is 5.69 Å². The molecular weight excluding hydrogens is 412 g/mol. The fourth-order valence-corrected chi connectivity index (χ4v) is 5.09. The first-order chi connectivity index (χ1) is 13.5. The van der Waals surface area contributed by atoms with Crippen LogP contribution in [0.5, 0.6) is 0 Å². The Hall–Kier alpha value is -2.09. The third kappa shape index (κ3) is 3.62. The summed E-state index contributed by atoms with van der Waals surface area (Å²) in [6, 6.07) is 9.88. The molecule has 3 heterocycles. The van der Waals surface area contributed by atoms with Gasteiger partial charge in [0.1, 0.15) is 10.9 Å². The Balaban J connectivity index is 1.58. The first-order valence-electron chi connectivity index (χ1n) is 8.92. The van der Waals surface area contributed by atoms with Gasteiger partial charge < -0.3 is 5.32 Å². The van der Waals surface area contributed by atoms with E-state index in [-0.39, 0.29) is 11.7 Å². The van der Waals surface area contributed by atoms with Crippen LogP contribution in [0.3, 0.4) is 0 Å². The summed E-state index contributed by atoms with van der Waals surface area (Å²) in [4.78, 5) is 13.7. The topological polar surface area (TPSA) is 59.3 Å². The van der Waals surface area contributed by atoms with Crippen molar-refractivity contribution >= 4 is 62.0 Å². The Bertz CT molecular complexity index is 1200. The van der Waals surface area contributed by atoms with E-state index in [1.54, 1.807) is 11.3 Å². The molecule has 0 spiro atoms. The number of hydrogen-bond donors (Lipinski definition) is 1. The average Bonchev–Trinajstić information content (AvgIpc) is 3.18. The molecule has 4 aromatic rings. The zero-order valence-electron chi connectivity index (χ0n) is 15.7. The van der Waals surface area contributed by atoms with Gasteiger partial charge in [-0.25, -0.2) is 0 Å². The first kappa shape index (κ1) is 19.2. The summed E-state index contributed by atoms with van der Waals surface area (Å²) in [5.74, 6) is 1.03. The summed E-state index contributed by atoms with van der Waals surface area (Å²) in [6.45, 7) is 6.13. The lowest BCUT2D eigenvalue weighted by Crippen LogP contribution is -2.15. The predicted octanol–water partition coefficient (Wildman–Crippen LogP) is 5.51. The van der Waals surface area contributed by atoms with Crippen molar-refractivity contribution in [2.24, 2.45) is 0 Å². The molecule has 0 saturated carbocycles. The van der Waals surface area contributed by atoms with E-state index in [2.05, 4.69) is 45.9 Å². The molecule has 8 heteroatoms. The van der Waals surface area contributed by atoms with Crippen molar-refractivity contribution in [3.8, 4) is 0 Å². The molecule has 0 aliphatic heterocycles. The number of aryl methyl sites for hydroxylation is 3. The van der Waals surface area contributed by atoms with E-state index in [0.29, 0.717) is 10.7 Å². The number of fused-ring (bicyclic) bond motifs is 3. The SMILES string of the molecule is CCc1nnc(SCC(=O)Nc2ccc(C)cc2Cl)c2cc3sc(C)cc3n12. The summed E-state index contributed by atoms with van der Waals surface area (Å²) >= 11 is 9.34. The van der Waals surface area contributed by atoms with E-state index in [1.807, 2.05) is 25.1 Å². The number of nitrogens with one attached hydrogen (secondary N) is 1. The van der Waals surface area contributed by atoms with Crippen molar-refractivity contribution in [3.63, 3.8) is 0 Å². The minimum absolute atomic E-state index is 0.125. The number of carbonyl (C=O) groups excluding carboxylic acids is 1. The van der Waals surface area contributed by atoms with Gasteiger partial charge in [0.05, 0.1) is 32.2 Å². The number of anilines is 1. The summed E-state index contributed by atoms with van der Waals surface area (Å²) in [7, 11) is 0. The summed E-state index contributed by atoms with van der Waals surface area (Å²) in [5.41, 5.74) is 3.82. The molecular formula is C20H19ClN4OS2. The van der Waals surface area contributed by atoms with Crippen LogP contribution in [0.2, 0.25) is 5.02 Å². The molecule has 5 nitrogen and oxygen atoms in total. The smallest absolute Gasteiger partial charge is 0.234 e. The molecule has 0 atom stereocenters. The average molecular weight is 431 g/mol. The van der Waals surface area contributed by atoms with Gasteiger partial charge in [-0.2, -0.15) is 0 Å². The van der Waals surface area contributed by atoms with Crippen LogP contribution < -0.4 is 5.32 Å². The van der Waals surface area contributed by atoms with Crippen LogP contribution in [0.15, 0.2) is 35.4 Å². The molecule has 0 radical (unpaired) electrons. The highest BCUT2D eigenvalue weighted by Gasteiger charge is 2.16. The lowest BCUT2D eigenvalue weighted by atomic mass is 10.2. The Morgan fingerprint density at radius 3 is 2.79 bits per heavy atom. The number of aromatic nitrogens is 3. The maximum Gasteiger partial charge on any atom is 0.234 e. The Morgan fingerprint density at radius 1 is 1.21 bits per heavy atom. The van der Waals surface area contributed by atoms with Crippen molar-refractivity contribution in [2.45, 2.75) is 32.2 Å². The van der Waals surface area contributed by atoms with E-state index in [0.717, 1.165) is 33.9 Å². The normalized spacial score (nSPS) is 11.4. The Morgan fingerprint density at radius 2 is 2.04 bits per heavy atom. The van der Waals surface area contributed by atoms with E-state index in [4.69, 9.17) is 11.6 Å². The number of nitrogens with zero attached hydrogens (tertiary/aromatic N) is 3.